The second-order valence-electron chi connectivity index (χ2n) is 6.13. The number of allylic oxidation sites excluding steroid dienone is 8. The molecule has 0 saturated heterocycles. The zero-order valence-electron chi connectivity index (χ0n) is 14.8. The fraction of sp³-hybridized carbons (Fsp3) is 0.550. The van der Waals surface area contributed by atoms with E-state index >= 15 is 0 Å². The van der Waals surface area contributed by atoms with Gasteiger partial charge in [0.25, 0.3) is 0 Å². The fourth-order valence-electron chi connectivity index (χ4n) is 2.34. The predicted molar refractivity (Wildman–Crippen MR) is 89.6 cm³/mol. The Morgan fingerprint density at radius 1 is 1.04 bits per heavy atom. The van der Waals surface area contributed by atoms with Gasteiger partial charge in [-0.3, -0.25) is 12.2 Å². The zero-order valence-corrected chi connectivity index (χ0v) is 19.9. The summed E-state index contributed by atoms with van der Waals surface area (Å²) in [4.78, 5) is 0. The molecule has 0 heterocycles. The average Bonchev–Trinajstić information content (AvgIpc) is 3.01. The molecule has 0 amide bonds. The molecular formula is C20H28Cl2Hf-2. The van der Waals surface area contributed by atoms with E-state index in [0.29, 0.717) is 5.92 Å². The Hall–Kier alpha value is 0.280. The number of hydrogen-bond acceptors (Lipinski definition) is 0. The van der Waals surface area contributed by atoms with Crippen LogP contribution in [0.5, 0.6) is 0 Å². The minimum absolute atomic E-state index is 0. The molecule has 0 aliphatic heterocycles. The van der Waals surface area contributed by atoms with E-state index in [4.69, 9.17) is 0 Å². The van der Waals surface area contributed by atoms with Crippen molar-refractivity contribution in [2.24, 2.45) is 5.92 Å². The van der Waals surface area contributed by atoms with E-state index in [-0.39, 0.29) is 24.8 Å². The van der Waals surface area contributed by atoms with Crippen LogP contribution in [0.1, 0.15) is 66.2 Å². The van der Waals surface area contributed by atoms with Gasteiger partial charge < -0.3 is 24.8 Å². The maximum atomic E-state index is 3.22. The maximum absolute atomic E-state index is 3.22. The minimum atomic E-state index is 0. The molecule has 3 aliphatic carbocycles. The first-order chi connectivity index (χ1) is 9.99. The van der Waals surface area contributed by atoms with Crippen LogP contribution >= 0.6 is 0 Å². The molecule has 0 bridgehead atoms. The van der Waals surface area contributed by atoms with Gasteiger partial charge in [0.05, 0.1) is 0 Å². The standard InChI is InChI=1S/2C7H9.C6H10.2ClH.Hf/c1-6-3-4-7(2)5-6;1-6-4-3-5-7(6)2;1-2-4-6-5-3-1;;;/h3-4,6H,1-2H3;4H,5H2,1-2H3;1-5H2;2*1H;/q2*-1;;;;+2/p-2. The van der Waals surface area contributed by atoms with Gasteiger partial charge in [-0.25, -0.2) is 23.3 Å². The molecule has 1 atom stereocenters. The van der Waals surface area contributed by atoms with Crippen LogP contribution in [-0.4, -0.2) is 3.26 Å². The molecule has 0 nitrogen and oxygen atoms in total. The molecule has 23 heavy (non-hydrogen) atoms. The fourth-order valence-corrected chi connectivity index (χ4v) is 3.61. The Balaban J connectivity index is 0. The van der Waals surface area contributed by atoms with Crippen molar-refractivity contribution in [3.05, 3.63) is 47.1 Å². The van der Waals surface area contributed by atoms with Gasteiger partial charge in [0.1, 0.15) is 0 Å². The van der Waals surface area contributed by atoms with E-state index in [0.717, 1.165) is 6.42 Å². The normalized spacial score (nSPS) is 21.4. The van der Waals surface area contributed by atoms with Crippen molar-refractivity contribution in [3.63, 3.8) is 0 Å². The summed E-state index contributed by atoms with van der Waals surface area (Å²) >= 11 is 1.37. The van der Waals surface area contributed by atoms with E-state index in [2.05, 4.69) is 58.1 Å². The molecule has 0 aromatic heterocycles. The third-order valence-corrected chi connectivity index (χ3v) is 5.70. The van der Waals surface area contributed by atoms with Crippen molar-refractivity contribution in [1.29, 1.82) is 0 Å². The van der Waals surface area contributed by atoms with E-state index in [9.17, 15) is 0 Å². The van der Waals surface area contributed by atoms with E-state index in [1.807, 2.05) is 3.26 Å². The summed E-state index contributed by atoms with van der Waals surface area (Å²) < 4.78 is 1.85. The van der Waals surface area contributed by atoms with Gasteiger partial charge in [-0.1, -0.05) is 26.7 Å². The predicted octanol–water partition coefficient (Wildman–Crippen LogP) is -0.295. The summed E-state index contributed by atoms with van der Waals surface area (Å²) in [5, 5.41) is 0. The van der Waals surface area contributed by atoms with Gasteiger partial charge in [-0.05, 0) is 0 Å². The molecule has 0 aromatic rings. The Bertz CT molecular complexity index is 462. The van der Waals surface area contributed by atoms with Crippen LogP contribution in [0.3, 0.4) is 0 Å². The van der Waals surface area contributed by atoms with Gasteiger partial charge in [0.15, 0.2) is 0 Å². The molecule has 3 aliphatic rings. The first kappa shape index (κ1) is 25.5. The van der Waals surface area contributed by atoms with Crippen LogP contribution < -0.4 is 24.8 Å². The van der Waals surface area contributed by atoms with E-state index in [1.165, 1.54) is 72.7 Å². The summed E-state index contributed by atoms with van der Waals surface area (Å²) in [6, 6.07) is 0. The van der Waals surface area contributed by atoms with E-state index < -0.39 is 0 Å². The molecular weight excluding hydrogens is 490 g/mol. The Morgan fingerprint density at radius 2 is 1.65 bits per heavy atom. The molecule has 0 aromatic carbocycles. The molecule has 128 valence electrons. The SMILES string of the molecule is CC1=C(C)C[C-]=C1.CC1=[C-]C(C)C=C1.[Cl-].[Cl-].[Hf+2]=[C]1CCCCC1. The second kappa shape index (κ2) is 14.6. The third-order valence-electron chi connectivity index (χ3n) is 3.91. The molecule has 3 rings (SSSR count). The van der Waals surface area contributed by atoms with Crippen LogP contribution in [0, 0.1) is 18.1 Å². The van der Waals surface area contributed by atoms with Gasteiger partial charge in [-0.2, -0.15) is 11.6 Å². The van der Waals surface area contributed by atoms with Gasteiger partial charge in [0.2, 0.25) is 0 Å². The van der Waals surface area contributed by atoms with Crippen molar-refractivity contribution in [1.82, 2.24) is 0 Å². The first-order valence-electron chi connectivity index (χ1n) is 8.06. The number of rotatable bonds is 0. The molecule has 1 fully saturated rings. The van der Waals surface area contributed by atoms with Gasteiger partial charge in [0, 0.05) is 0 Å². The summed E-state index contributed by atoms with van der Waals surface area (Å²) in [5.74, 6) is 0.556. The Labute approximate surface area is 170 Å². The first-order valence-corrected chi connectivity index (χ1v) is 9.86. The summed E-state index contributed by atoms with van der Waals surface area (Å²) in [6.45, 7) is 8.47. The Morgan fingerprint density at radius 3 is 1.83 bits per heavy atom. The summed E-state index contributed by atoms with van der Waals surface area (Å²) in [6.07, 6.45) is 21.1. The summed E-state index contributed by atoms with van der Waals surface area (Å²) in [7, 11) is 0. The monoisotopic (exact) mass is 518 g/mol. The molecule has 1 unspecified atom stereocenters. The van der Waals surface area contributed by atoms with Gasteiger partial charge >= 0.3 is 59.3 Å². The van der Waals surface area contributed by atoms with Crippen LogP contribution in [0.15, 0.2) is 34.9 Å². The van der Waals surface area contributed by atoms with E-state index in [1.54, 1.807) is 0 Å². The van der Waals surface area contributed by atoms with Crippen molar-refractivity contribution >= 4 is 3.26 Å². The molecule has 0 N–H and O–H groups in total. The van der Waals surface area contributed by atoms with Crippen LogP contribution in [0.4, 0.5) is 0 Å². The summed E-state index contributed by atoms with van der Waals surface area (Å²) in [5.41, 5.74) is 4.12. The van der Waals surface area contributed by atoms with Crippen molar-refractivity contribution < 1.29 is 48.7 Å². The van der Waals surface area contributed by atoms with Crippen LogP contribution in [0.2, 0.25) is 0 Å². The van der Waals surface area contributed by atoms with Crippen LogP contribution in [0.25, 0.3) is 0 Å². The van der Waals surface area contributed by atoms with Crippen molar-refractivity contribution in [2.75, 3.05) is 0 Å². The number of halogens is 2. The van der Waals surface area contributed by atoms with Crippen molar-refractivity contribution in [2.45, 2.75) is 66.2 Å². The third kappa shape index (κ3) is 12.3. The quantitative estimate of drug-likeness (QED) is 0.306. The Kier molecular flexibility index (Phi) is 16.2. The zero-order chi connectivity index (χ0) is 15.7. The number of hydrogen-bond donors (Lipinski definition) is 0. The second-order valence-corrected chi connectivity index (χ2v) is 8.67. The van der Waals surface area contributed by atoms with Crippen molar-refractivity contribution in [3.8, 4) is 0 Å². The van der Waals surface area contributed by atoms with Gasteiger partial charge in [-0.15, -0.1) is 13.3 Å². The molecule has 1 saturated carbocycles. The average molecular weight is 518 g/mol. The topological polar surface area (TPSA) is 0 Å². The van der Waals surface area contributed by atoms with Crippen LogP contribution in [-0.2, 0) is 23.9 Å². The molecule has 0 radical (unpaired) electrons. The molecule has 3 heteroatoms. The molecule has 0 spiro atoms.